The molecule has 0 spiro atoms. The van der Waals surface area contributed by atoms with Crippen LogP contribution in [0.15, 0.2) is 48.6 Å². The van der Waals surface area contributed by atoms with E-state index in [0.717, 1.165) is 57.8 Å². The number of carbonyl (C=O) groups excluding carboxylic acids is 1. The molecule has 0 fully saturated rings. The number of amides is 1. The number of phosphoric ester groups is 1. The van der Waals surface area contributed by atoms with Crippen LogP contribution >= 0.6 is 7.82 Å². The number of nitrogens with one attached hydrogen (secondary N) is 1. The largest absolute Gasteiger partial charge is 0.756 e. The van der Waals surface area contributed by atoms with Gasteiger partial charge in [0.25, 0.3) is 7.82 Å². The zero-order valence-electron chi connectivity index (χ0n) is 34.6. The van der Waals surface area contributed by atoms with Crippen molar-refractivity contribution in [2.24, 2.45) is 0 Å². The standard InChI is InChI=1S/C43H81N2O7P/c1-6-8-10-11-12-13-14-15-16-17-18-21-24-27-31-35-42(47)41(39-52-53(49,50)51-38-37-45(3,4)5)44-43(48)36-32-28-25-22-19-20-23-26-30-34-40(46)33-29-9-7-2/h9,23,26,29-31,34-35,40-42,46-47H,6-8,10-22,24-25,27-28,32-33,36-39H2,1-5H3,(H-,44,48,49,50)/b26-23+,29-9+,34-30+,35-31+/t40?,41-,42+/m0/s1. The van der Waals surface area contributed by atoms with Crippen molar-refractivity contribution in [2.45, 2.75) is 180 Å². The predicted octanol–water partition coefficient (Wildman–Crippen LogP) is 9.64. The maximum absolute atomic E-state index is 12.8. The first-order valence-electron chi connectivity index (χ1n) is 21.1. The quantitative estimate of drug-likeness (QED) is 0.0189. The Labute approximate surface area is 325 Å². The van der Waals surface area contributed by atoms with Crippen molar-refractivity contribution in [3.63, 3.8) is 0 Å². The van der Waals surface area contributed by atoms with Gasteiger partial charge in [0.2, 0.25) is 5.91 Å². The first-order chi connectivity index (χ1) is 25.4. The van der Waals surface area contributed by atoms with Crippen LogP contribution in [0.5, 0.6) is 0 Å². The highest BCUT2D eigenvalue weighted by molar-refractivity contribution is 7.45. The number of quaternary nitrogens is 1. The molecule has 0 aromatic carbocycles. The van der Waals surface area contributed by atoms with E-state index in [0.29, 0.717) is 30.3 Å². The number of carbonyl (C=O) groups is 1. The third kappa shape index (κ3) is 37.1. The van der Waals surface area contributed by atoms with Gasteiger partial charge in [-0.3, -0.25) is 9.36 Å². The van der Waals surface area contributed by atoms with Gasteiger partial charge in [-0.25, -0.2) is 0 Å². The molecular weight excluding hydrogens is 687 g/mol. The number of aliphatic hydroxyl groups excluding tert-OH is 2. The summed E-state index contributed by atoms with van der Waals surface area (Å²) in [4.78, 5) is 25.2. The normalized spacial score (nSPS) is 15.5. The minimum atomic E-state index is -4.60. The van der Waals surface area contributed by atoms with Crippen LogP contribution in [0.4, 0.5) is 0 Å². The number of hydrogen-bond acceptors (Lipinski definition) is 7. The second-order valence-electron chi connectivity index (χ2n) is 15.5. The first kappa shape index (κ1) is 51.4. The molecule has 0 rings (SSSR count). The fraction of sp³-hybridized carbons (Fsp3) is 0.791. The summed E-state index contributed by atoms with van der Waals surface area (Å²) in [5.74, 6) is -0.240. The Morgan fingerprint density at radius 3 is 1.83 bits per heavy atom. The summed E-state index contributed by atoms with van der Waals surface area (Å²) in [6, 6.07) is -0.913. The van der Waals surface area contributed by atoms with Gasteiger partial charge in [-0.1, -0.05) is 159 Å². The number of likely N-dealkylation sites (N-methyl/N-ethyl adjacent to an activating group) is 1. The zero-order valence-corrected chi connectivity index (χ0v) is 35.5. The Hall–Kier alpha value is -1.58. The Balaban J connectivity index is 4.55. The van der Waals surface area contributed by atoms with E-state index < -0.39 is 32.7 Å². The molecule has 310 valence electrons. The van der Waals surface area contributed by atoms with Gasteiger partial charge >= 0.3 is 0 Å². The van der Waals surface area contributed by atoms with E-state index in [-0.39, 0.29) is 12.5 Å². The van der Waals surface area contributed by atoms with Crippen molar-refractivity contribution in [3.05, 3.63) is 48.6 Å². The molecule has 2 unspecified atom stereocenters. The minimum absolute atomic E-state index is 0.0163. The van der Waals surface area contributed by atoms with E-state index in [1.165, 1.54) is 70.6 Å². The number of aliphatic hydroxyl groups is 2. The molecule has 0 saturated heterocycles. The molecule has 0 heterocycles. The Morgan fingerprint density at radius 2 is 1.26 bits per heavy atom. The molecule has 0 saturated carbocycles. The highest BCUT2D eigenvalue weighted by Crippen LogP contribution is 2.38. The van der Waals surface area contributed by atoms with Crippen LogP contribution in [0.2, 0.25) is 0 Å². The molecule has 0 aliphatic heterocycles. The molecule has 4 atom stereocenters. The Bertz CT molecular complexity index is 1020. The average molecular weight is 769 g/mol. The fourth-order valence-corrected chi connectivity index (χ4v) is 6.44. The maximum atomic E-state index is 12.8. The lowest BCUT2D eigenvalue weighted by Crippen LogP contribution is -2.45. The number of phosphoric acid groups is 1. The molecule has 0 aromatic rings. The third-order valence-corrected chi connectivity index (χ3v) is 10.1. The van der Waals surface area contributed by atoms with Crippen molar-refractivity contribution in [3.8, 4) is 0 Å². The topological polar surface area (TPSA) is 128 Å². The molecule has 0 aliphatic carbocycles. The van der Waals surface area contributed by atoms with E-state index in [1.807, 2.05) is 45.4 Å². The number of hydrogen-bond donors (Lipinski definition) is 3. The van der Waals surface area contributed by atoms with Gasteiger partial charge in [0.1, 0.15) is 13.2 Å². The number of allylic oxidation sites excluding steroid dienone is 5. The monoisotopic (exact) mass is 769 g/mol. The average Bonchev–Trinajstić information content (AvgIpc) is 3.10. The van der Waals surface area contributed by atoms with Crippen molar-refractivity contribution in [2.75, 3.05) is 40.9 Å². The minimum Gasteiger partial charge on any atom is -0.756 e. The van der Waals surface area contributed by atoms with Crippen molar-refractivity contribution >= 4 is 13.7 Å². The number of nitrogens with zero attached hydrogens (tertiary/aromatic N) is 1. The van der Waals surface area contributed by atoms with Crippen molar-refractivity contribution in [1.82, 2.24) is 5.32 Å². The van der Waals surface area contributed by atoms with E-state index in [4.69, 9.17) is 9.05 Å². The summed E-state index contributed by atoms with van der Waals surface area (Å²) in [6.07, 6.45) is 39.1. The molecule has 0 aliphatic rings. The second kappa shape index (κ2) is 34.9. The number of unbranched alkanes of at least 4 members (excludes halogenated alkanes) is 18. The molecule has 3 N–H and O–H groups in total. The van der Waals surface area contributed by atoms with Gasteiger partial charge in [0.15, 0.2) is 0 Å². The fourth-order valence-electron chi connectivity index (χ4n) is 5.72. The Morgan fingerprint density at radius 1 is 0.717 bits per heavy atom. The SMILES string of the molecule is CC/C=C/CC(O)/C=C/C=C/CCCCCCCC(=O)N[C@@H](COP(=O)([O-])OCC[N+](C)(C)C)[C@H](O)/C=C/CCCCCCCCCCCCCCC. The lowest BCUT2D eigenvalue weighted by atomic mass is 10.0. The molecule has 0 aromatic heterocycles. The van der Waals surface area contributed by atoms with Crippen LogP contribution in [0.25, 0.3) is 0 Å². The zero-order chi connectivity index (χ0) is 39.5. The van der Waals surface area contributed by atoms with Crippen LogP contribution < -0.4 is 10.2 Å². The van der Waals surface area contributed by atoms with Gasteiger partial charge < -0.3 is 34.0 Å². The molecule has 9 nitrogen and oxygen atoms in total. The molecule has 0 radical (unpaired) electrons. The van der Waals surface area contributed by atoms with E-state index in [1.54, 1.807) is 12.2 Å². The lowest BCUT2D eigenvalue weighted by molar-refractivity contribution is -0.870. The summed E-state index contributed by atoms with van der Waals surface area (Å²) in [5.41, 5.74) is 0. The van der Waals surface area contributed by atoms with E-state index >= 15 is 0 Å². The third-order valence-electron chi connectivity index (χ3n) is 9.12. The maximum Gasteiger partial charge on any atom is 0.268 e. The van der Waals surface area contributed by atoms with Crippen LogP contribution in [-0.2, 0) is 18.4 Å². The highest BCUT2D eigenvalue weighted by Gasteiger charge is 2.23. The van der Waals surface area contributed by atoms with Gasteiger partial charge in [-0.2, -0.15) is 0 Å². The van der Waals surface area contributed by atoms with Gasteiger partial charge in [-0.15, -0.1) is 0 Å². The first-order valence-corrected chi connectivity index (χ1v) is 22.6. The second-order valence-corrected chi connectivity index (χ2v) is 16.9. The predicted molar refractivity (Wildman–Crippen MR) is 220 cm³/mol. The van der Waals surface area contributed by atoms with Crippen LogP contribution in [0, 0.1) is 0 Å². The number of rotatable bonds is 37. The summed E-state index contributed by atoms with van der Waals surface area (Å²) in [5, 5.41) is 23.6. The highest BCUT2D eigenvalue weighted by atomic mass is 31.2. The molecule has 1 amide bonds. The Kier molecular flexibility index (Phi) is 33.8. The summed E-state index contributed by atoms with van der Waals surface area (Å²) in [7, 11) is 1.21. The van der Waals surface area contributed by atoms with Gasteiger partial charge in [-0.05, 0) is 44.9 Å². The smallest absolute Gasteiger partial charge is 0.268 e. The van der Waals surface area contributed by atoms with Crippen LogP contribution in [0.1, 0.15) is 162 Å². The van der Waals surface area contributed by atoms with Crippen molar-refractivity contribution < 1.29 is 38.0 Å². The van der Waals surface area contributed by atoms with E-state index in [2.05, 4.69) is 31.3 Å². The van der Waals surface area contributed by atoms with Gasteiger partial charge in [0, 0.05) is 6.42 Å². The molecule has 53 heavy (non-hydrogen) atoms. The van der Waals surface area contributed by atoms with Crippen molar-refractivity contribution in [1.29, 1.82) is 0 Å². The van der Waals surface area contributed by atoms with Crippen LogP contribution in [-0.4, -0.2) is 79.8 Å². The molecule has 10 heteroatoms. The van der Waals surface area contributed by atoms with Crippen LogP contribution in [0.3, 0.4) is 0 Å². The summed E-state index contributed by atoms with van der Waals surface area (Å²) >= 11 is 0. The van der Waals surface area contributed by atoms with E-state index in [9.17, 15) is 24.5 Å². The summed E-state index contributed by atoms with van der Waals surface area (Å²) < 4.78 is 23.1. The molecular formula is C43H81N2O7P. The van der Waals surface area contributed by atoms with Gasteiger partial charge in [0.05, 0.1) is 46.0 Å². The summed E-state index contributed by atoms with van der Waals surface area (Å²) in [6.45, 7) is 4.39. The lowest BCUT2D eigenvalue weighted by Gasteiger charge is -2.29. The molecule has 0 bridgehead atoms.